The van der Waals surface area contributed by atoms with Crippen LogP contribution in [-0.4, -0.2) is 7.11 Å². The van der Waals surface area contributed by atoms with Crippen LogP contribution in [0.1, 0.15) is 17.2 Å². The van der Waals surface area contributed by atoms with Crippen molar-refractivity contribution >= 4 is 23.2 Å². The fourth-order valence-electron chi connectivity index (χ4n) is 1.74. The first-order valence-electron chi connectivity index (χ1n) is 5.46. The average molecular weight is 282 g/mol. The zero-order chi connectivity index (χ0) is 13.1. The Bertz CT molecular complexity index is 540. The minimum atomic E-state index is -0.304. The molecule has 2 nitrogen and oxygen atoms in total. The predicted molar refractivity (Wildman–Crippen MR) is 75.5 cm³/mol. The highest BCUT2D eigenvalue weighted by Crippen LogP contribution is 2.29. The fraction of sp³-hybridized carbons (Fsp3) is 0.143. The minimum Gasteiger partial charge on any atom is -0.497 e. The number of rotatable bonds is 3. The van der Waals surface area contributed by atoms with E-state index in [1.165, 1.54) is 0 Å². The molecule has 2 rings (SSSR count). The first-order valence-corrected chi connectivity index (χ1v) is 6.22. The van der Waals surface area contributed by atoms with Gasteiger partial charge in [-0.3, -0.25) is 0 Å². The third-order valence-corrected chi connectivity index (χ3v) is 3.35. The van der Waals surface area contributed by atoms with Gasteiger partial charge >= 0.3 is 0 Å². The second kappa shape index (κ2) is 5.61. The smallest absolute Gasteiger partial charge is 0.118 e. The zero-order valence-electron chi connectivity index (χ0n) is 9.86. The zero-order valence-corrected chi connectivity index (χ0v) is 11.4. The second-order valence-electron chi connectivity index (χ2n) is 3.92. The van der Waals surface area contributed by atoms with E-state index in [-0.39, 0.29) is 6.04 Å². The largest absolute Gasteiger partial charge is 0.497 e. The van der Waals surface area contributed by atoms with Gasteiger partial charge in [-0.25, -0.2) is 0 Å². The summed E-state index contributed by atoms with van der Waals surface area (Å²) in [5.74, 6) is 0.795. The molecule has 0 saturated carbocycles. The van der Waals surface area contributed by atoms with Crippen LogP contribution in [0.4, 0.5) is 0 Å². The molecule has 2 aromatic carbocycles. The summed E-state index contributed by atoms with van der Waals surface area (Å²) >= 11 is 12.1. The summed E-state index contributed by atoms with van der Waals surface area (Å²) in [7, 11) is 1.63. The van der Waals surface area contributed by atoms with Gasteiger partial charge in [0.05, 0.1) is 13.2 Å². The van der Waals surface area contributed by atoms with Crippen molar-refractivity contribution in [2.45, 2.75) is 6.04 Å². The van der Waals surface area contributed by atoms with Crippen LogP contribution in [0.3, 0.4) is 0 Å². The quantitative estimate of drug-likeness (QED) is 0.921. The van der Waals surface area contributed by atoms with Gasteiger partial charge in [-0.05, 0) is 41.5 Å². The normalized spacial score (nSPS) is 12.2. The summed E-state index contributed by atoms with van der Waals surface area (Å²) in [5.41, 5.74) is 7.97. The molecule has 0 aliphatic rings. The van der Waals surface area contributed by atoms with Gasteiger partial charge < -0.3 is 10.5 Å². The van der Waals surface area contributed by atoms with Gasteiger partial charge in [-0.15, -0.1) is 0 Å². The number of nitrogens with two attached hydrogens (primary N) is 1. The number of methoxy groups -OCH3 is 1. The van der Waals surface area contributed by atoms with E-state index in [9.17, 15) is 0 Å². The number of ether oxygens (including phenoxy) is 1. The van der Waals surface area contributed by atoms with Crippen LogP contribution in [0.15, 0.2) is 42.5 Å². The van der Waals surface area contributed by atoms with Crippen molar-refractivity contribution in [3.8, 4) is 5.75 Å². The monoisotopic (exact) mass is 281 g/mol. The Kier molecular flexibility index (Phi) is 4.12. The maximum Gasteiger partial charge on any atom is 0.118 e. The van der Waals surface area contributed by atoms with Gasteiger partial charge in [0.25, 0.3) is 0 Å². The Labute approximate surface area is 116 Å². The number of halogens is 2. The summed E-state index contributed by atoms with van der Waals surface area (Å²) in [5, 5.41) is 1.24. The maximum absolute atomic E-state index is 6.19. The molecular weight excluding hydrogens is 269 g/mol. The molecule has 2 aromatic rings. The van der Waals surface area contributed by atoms with E-state index in [0.717, 1.165) is 16.9 Å². The lowest BCUT2D eigenvalue weighted by Gasteiger charge is -2.15. The van der Waals surface area contributed by atoms with Gasteiger partial charge in [0.2, 0.25) is 0 Å². The molecule has 0 amide bonds. The predicted octanol–water partition coefficient (Wildman–Crippen LogP) is 4.05. The van der Waals surface area contributed by atoms with E-state index in [2.05, 4.69) is 0 Å². The molecule has 0 heterocycles. The Hall–Kier alpha value is -1.22. The van der Waals surface area contributed by atoms with Crippen LogP contribution < -0.4 is 10.5 Å². The molecule has 18 heavy (non-hydrogen) atoms. The molecule has 0 aliphatic heterocycles. The third-order valence-electron chi connectivity index (χ3n) is 2.77. The van der Waals surface area contributed by atoms with Gasteiger partial charge in [0.1, 0.15) is 5.75 Å². The van der Waals surface area contributed by atoms with Crippen molar-refractivity contribution in [1.82, 2.24) is 0 Å². The Morgan fingerprint density at radius 3 is 2.33 bits per heavy atom. The average Bonchev–Trinajstić information content (AvgIpc) is 2.41. The molecule has 0 aliphatic carbocycles. The SMILES string of the molecule is COc1ccc(C(N)c2cc(Cl)ccc2Cl)cc1. The first-order chi connectivity index (χ1) is 8.61. The molecular formula is C14H13Cl2NO. The summed E-state index contributed by atoms with van der Waals surface area (Å²) in [6.07, 6.45) is 0. The molecule has 0 fully saturated rings. The van der Waals surface area contributed by atoms with E-state index in [1.54, 1.807) is 25.3 Å². The highest BCUT2D eigenvalue weighted by Gasteiger charge is 2.13. The lowest BCUT2D eigenvalue weighted by Crippen LogP contribution is -2.12. The van der Waals surface area contributed by atoms with Crippen molar-refractivity contribution in [2.75, 3.05) is 7.11 Å². The van der Waals surface area contributed by atoms with Crippen LogP contribution in [0.5, 0.6) is 5.75 Å². The van der Waals surface area contributed by atoms with Gasteiger partial charge in [0, 0.05) is 10.0 Å². The molecule has 0 aromatic heterocycles. The topological polar surface area (TPSA) is 35.2 Å². The third kappa shape index (κ3) is 2.78. The van der Waals surface area contributed by atoms with Gasteiger partial charge in [-0.2, -0.15) is 0 Å². The van der Waals surface area contributed by atoms with E-state index < -0.39 is 0 Å². The van der Waals surface area contributed by atoms with E-state index in [1.807, 2.05) is 24.3 Å². The summed E-state index contributed by atoms with van der Waals surface area (Å²) in [6, 6.07) is 12.6. The fourth-order valence-corrected chi connectivity index (χ4v) is 2.16. The van der Waals surface area contributed by atoms with Crippen LogP contribution in [0.2, 0.25) is 10.0 Å². The highest BCUT2D eigenvalue weighted by atomic mass is 35.5. The van der Waals surface area contributed by atoms with E-state index in [4.69, 9.17) is 33.7 Å². The van der Waals surface area contributed by atoms with Crippen molar-refractivity contribution in [3.63, 3.8) is 0 Å². The summed E-state index contributed by atoms with van der Waals surface area (Å²) in [4.78, 5) is 0. The molecule has 4 heteroatoms. The van der Waals surface area contributed by atoms with E-state index in [0.29, 0.717) is 10.0 Å². The standard InChI is InChI=1S/C14H13Cl2NO/c1-18-11-5-2-9(3-6-11)14(17)12-8-10(15)4-7-13(12)16/h2-8,14H,17H2,1H3. The van der Waals surface area contributed by atoms with Crippen molar-refractivity contribution in [3.05, 3.63) is 63.6 Å². The van der Waals surface area contributed by atoms with Crippen LogP contribution in [0.25, 0.3) is 0 Å². The molecule has 0 spiro atoms. The summed E-state index contributed by atoms with van der Waals surface area (Å²) < 4.78 is 5.11. The van der Waals surface area contributed by atoms with Crippen LogP contribution >= 0.6 is 23.2 Å². The van der Waals surface area contributed by atoms with Crippen LogP contribution in [-0.2, 0) is 0 Å². The molecule has 94 valence electrons. The van der Waals surface area contributed by atoms with Gasteiger partial charge in [-0.1, -0.05) is 35.3 Å². The van der Waals surface area contributed by atoms with Gasteiger partial charge in [0.15, 0.2) is 0 Å². The molecule has 0 radical (unpaired) electrons. The van der Waals surface area contributed by atoms with Crippen molar-refractivity contribution < 1.29 is 4.74 Å². The molecule has 1 unspecified atom stereocenters. The van der Waals surface area contributed by atoms with Crippen LogP contribution in [0, 0.1) is 0 Å². The van der Waals surface area contributed by atoms with Crippen molar-refractivity contribution in [1.29, 1.82) is 0 Å². The summed E-state index contributed by atoms with van der Waals surface area (Å²) in [6.45, 7) is 0. The number of hydrogen-bond acceptors (Lipinski definition) is 2. The first kappa shape index (κ1) is 13.2. The Balaban J connectivity index is 2.34. The number of benzene rings is 2. The molecule has 2 N–H and O–H groups in total. The number of hydrogen-bond donors (Lipinski definition) is 1. The Morgan fingerprint density at radius 2 is 1.72 bits per heavy atom. The van der Waals surface area contributed by atoms with Crippen molar-refractivity contribution in [2.24, 2.45) is 5.73 Å². The minimum absolute atomic E-state index is 0.304. The highest BCUT2D eigenvalue weighted by molar-refractivity contribution is 6.33. The second-order valence-corrected chi connectivity index (χ2v) is 4.76. The maximum atomic E-state index is 6.19. The molecule has 0 saturated heterocycles. The lowest BCUT2D eigenvalue weighted by atomic mass is 9.99. The lowest BCUT2D eigenvalue weighted by molar-refractivity contribution is 0.414. The Morgan fingerprint density at radius 1 is 1.06 bits per heavy atom. The molecule has 1 atom stereocenters. The van der Waals surface area contributed by atoms with E-state index >= 15 is 0 Å². The molecule has 0 bridgehead atoms.